The van der Waals surface area contributed by atoms with Crippen LogP contribution in [0.3, 0.4) is 0 Å². The summed E-state index contributed by atoms with van der Waals surface area (Å²) in [5.41, 5.74) is 0. The number of amides is 2. The molecule has 2 aliphatic rings. The lowest BCUT2D eigenvalue weighted by Crippen LogP contribution is -2.59. The molecule has 0 saturated carbocycles. The summed E-state index contributed by atoms with van der Waals surface area (Å²) in [6.07, 6.45) is 2.28. The van der Waals surface area contributed by atoms with Gasteiger partial charge in [0.25, 0.3) is 0 Å². The Balaban J connectivity index is 1.93. The van der Waals surface area contributed by atoms with Crippen LogP contribution in [-0.4, -0.2) is 61.5 Å². The first-order chi connectivity index (χ1) is 11.5. The lowest BCUT2D eigenvalue weighted by molar-refractivity contribution is -0.153. The maximum absolute atomic E-state index is 12.8. The van der Waals surface area contributed by atoms with Gasteiger partial charge < -0.3 is 20.3 Å². The van der Waals surface area contributed by atoms with Crippen molar-refractivity contribution in [3.05, 3.63) is 0 Å². The van der Waals surface area contributed by atoms with Gasteiger partial charge >= 0.3 is 5.97 Å². The molecule has 2 fully saturated rings. The Labute approximate surface area is 143 Å². The fourth-order valence-electron chi connectivity index (χ4n) is 3.11. The Hall–Kier alpha value is -1.63. The van der Waals surface area contributed by atoms with Gasteiger partial charge in [0.05, 0.1) is 13.0 Å². The molecule has 0 aromatic rings. The molecule has 2 N–H and O–H groups in total. The van der Waals surface area contributed by atoms with Crippen molar-refractivity contribution in [3.63, 3.8) is 0 Å². The Kier molecular flexibility index (Phi) is 7.02. The molecule has 2 aliphatic heterocycles. The van der Waals surface area contributed by atoms with Crippen molar-refractivity contribution in [2.45, 2.75) is 45.6 Å². The van der Waals surface area contributed by atoms with Crippen molar-refractivity contribution in [3.8, 4) is 0 Å². The predicted molar refractivity (Wildman–Crippen MR) is 89.1 cm³/mol. The first kappa shape index (κ1) is 18.7. The smallest absolute Gasteiger partial charge is 0.308 e. The van der Waals surface area contributed by atoms with Crippen LogP contribution in [0.4, 0.5) is 0 Å². The van der Waals surface area contributed by atoms with Crippen LogP contribution in [0, 0.1) is 11.8 Å². The Morgan fingerprint density at radius 2 is 1.96 bits per heavy atom. The van der Waals surface area contributed by atoms with Crippen molar-refractivity contribution in [2.75, 3.05) is 32.8 Å². The SMILES string of the molecule is CC(C)CCOC(=O)CC1C(=O)NCCN1C(=O)C1CCNCC1. The van der Waals surface area contributed by atoms with E-state index >= 15 is 0 Å². The van der Waals surface area contributed by atoms with Crippen LogP contribution in [-0.2, 0) is 19.1 Å². The summed E-state index contributed by atoms with van der Waals surface area (Å²) in [5, 5.41) is 5.98. The van der Waals surface area contributed by atoms with E-state index in [2.05, 4.69) is 24.5 Å². The van der Waals surface area contributed by atoms with Crippen LogP contribution in [0.15, 0.2) is 0 Å². The van der Waals surface area contributed by atoms with Gasteiger partial charge in [-0.15, -0.1) is 0 Å². The first-order valence-corrected chi connectivity index (χ1v) is 8.93. The van der Waals surface area contributed by atoms with E-state index in [9.17, 15) is 14.4 Å². The van der Waals surface area contributed by atoms with E-state index in [4.69, 9.17) is 4.74 Å². The zero-order chi connectivity index (χ0) is 17.5. The Bertz CT molecular complexity index is 461. The van der Waals surface area contributed by atoms with Gasteiger partial charge in [0, 0.05) is 19.0 Å². The van der Waals surface area contributed by atoms with Gasteiger partial charge in [-0.1, -0.05) is 13.8 Å². The van der Waals surface area contributed by atoms with E-state index in [1.807, 2.05) is 0 Å². The highest BCUT2D eigenvalue weighted by Gasteiger charge is 2.37. The Morgan fingerprint density at radius 1 is 1.25 bits per heavy atom. The zero-order valence-electron chi connectivity index (χ0n) is 14.7. The minimum Gasteiger partial charge on any atom is -0.466 e. The molecule has 0 aromatic heterocycles. The molecule has 1 atom stereocenters. The molecule has 1 unspecified atom stereocenters. The topological polar surface area (TPSA) is 87.7 Å². The largest absolute Gasteiger partial charge is 0.466 e. The molecule has 0 aliphatic carbocycles. The molecule has 2 amide bonds. The molecule has 0 spiro atoms. The van der Waals surface area contributed by atoms with Crippen LogP contribution in [0.2, 0.25) is 0 Å². The molecule has 2 heterocycles. The molecule has 0 bridgehead atoms. The standard InChI is InChI=1S/C17H29N3O4/c1-12(2)5-10-24-15(21)11-14-16(22)19-8-9-20(14)17(23)13-3-6-18-7-4-13/h12-14,18H,3-11H2,1-2H3,(H,19,22). The minimum atomic E-state index is -0.743. The number of hydrogen-bond acceptors (Lipinski definition) is 5. The molecule has 2 rings (SSSR count). The molecular formula is C17H29N3O4. The number of nitrogens with zero attached hydrogens (tertiary/aromatic N) is 1. The fourth-order valence-corrected chi connectivity index (χ4v) is 3.11. The number of piperidine rings is 1. The van der Waals surface area contributed by atoms with Crippen molar-refractivity contribution < 1.29 is 19.1 Å². The highest BCUT2D eigenvalue weighted by molar-refractivity contribution is 5.92. The van der Waals surface area contributed by atoms with Crippen molar-refractivity contribution >= 4 is 17.8 Å². The van der Waals surface area contributed by atoms with E-state index < -0.39 is 12.0 Å². The van der Waals surface area contributed by atoms with Gasteiger partial charge in [-0.05, 0) is 38.3 Å². The number of carbonyl (C=O) groups is 3. The van der Waals surface area contributed by atoms with Crippen LogP contribution in [0.5, 0.6) is 0 Å². The Morgan fingerprint density at radius 3 is 2.62 bits per heavy atom. The maximum Gasteiger partial charge on any atom is 0.308 e. The summed E-state index contributed by atoms with van der Waals surface area (Å²) >= 11 is 0. The second-order valence-electron chi connectivity index (χ2n) is 6.97. The molecule has 24 heavy (non-hydrogen) atoms. The second-order valence-corrected chi connectivity index (χ2v) is 6.97. The molecule has 7 nitrogen and oxygen atoms in total. The average molecular weight is 339 g/mol. The minimum absolute atomic E-state index is 0.00803. The van der Waals surface area contributed by atoms with Crippen LogP contribution < -0.4 is 10.6 Å². The highest BCUT2D eigenvalue weighted by Crippen LogP contribution is 2.20. The second kappa shape index (κ2) is 9.01. The molecule has 7 heteroatoms. The third-order valence-electron chi connectivity index (χ3n) is 4.62. The average Bonchev–Trinajstić information content (AvgIpc) is 2.56. The molecule has 2 saturated heterocycles. The highest BCUT2D eigenvalue weighted by atomic mass is 16.5. The van der Waals surface area contributed by atoms with Crippen LogP contribution in [0.25, 0.3) is 0 Å². The quantitative estimate of drug-likeness (QED) is 0.679. The number of hydrogen-bond donors (Lipinski definition) is 2. The van der Waals surface area contributed by atoms with Gasteiger partial charge in [0.15, 0.2) is 0 Å². The number of nitrogens with one attached hydrogen (secondary N) is 2. The number of ether oxygens (including phenoxy) is 1. The van der Waals surface area contributed by atoms with E-state index in [0.717, 1.165) is 32.4 Å². The fraction of sp³-hybridized carbons (Fsp3) is 0.824. The van der Waals surface area contributed by atoms with E-state index in [0.29, 0.717) is 25.6 Å². The number of esters is 1. The van der Waals surface area contributed by atoms with Crippen LogP contribution >= 0.6 is 0 Å². The lowest BCUT2D eigenvalue weighted by atomic mass is 9.95. The van der Waals surface area contributed by atoms with E-state index in [1.165, 1.54) is 0 Å². The molecule has 136 valence electrons. The van der Waals surface area contributed by atoms with E-state index in [1.54, 1.807) is 4.90 Å². The molecule has 0 aromatic carbocycles. The van der Waals surface area contributed by atoms with E-state index in [-0.39, 0.29) is 24.2 Å². The first-order valence-electron chi connectivity index (χ1n) is 8.93. The monoisotopic (exact) mass is 339 g/mol. The summed E-state index contributed by atoms with van der Waals surface area (Å²) in [6.45, 7) is 7.00. The predicted octanol–water partition coefficient (Wildman–Crippen LogP) is 0.292. The summed E-state index contributed by atoms with van der Waals surface area (Å²) in [6, 6.07) is -0.743. The van der Waals surface area contributed by atoms with Gasteiger partial charge in [-0.3, -0.25) is 14.4 Å². The zero-order valence-corrected chi connectivity index (χ0v) is 14.7. The van der Waals surface area contributed by atoms with Crippen molar-refractivity contribution in [1.82, 2.24) is 15.5 Å². The van der Waals surface area contributed by atoms with Gasteiger partial charge in [-0.25, -0.2) is 0 Å². The third-order valence-corrected chi connectivity index (χ3v) is 4.62. The van der Waals surface area contributed by atoms with Gasteiger partial charge in [-0.2, -0.15) is 0 Å². The maximum atomic E-state index is 12.8. The summed E-state index contributed by atoms with van der Waals surface area (Å²) in [5.74, 6) is -0.290. The van der Waals surface area contributed by atoms with Gasteiger partial charge in [0.2, 0.25) is 11.8 Å². The van der Waals surface area contributed by atoms with Crippen molar-refractivity contribution in [1.29, 1.82) is 0 Å². The normalized spacial score (nSPS) is 22.4. The van der Waals surface area contributed by atoms with Crippen molar-refractivity contribution in [2.24, 2.45) is 11.8 Å². The lowest BCUT2D eigenvalue weighted by Gasteiger charge is -2.37. The molecular weight excluding hydrogens is 310 g/mol. The summed E-state index contributed by atoms with van der Waals surface area (Å²) < 4.78 is 5.21. The molecule has 0 radical (unpaired) electrons. The number of carbonyl (C=O) groups excluding carboxylic acids is 3. The number of piperazine rings is 1. The number of rotatable bonds is 6. The van der Waals surface area contributed by atoms with Gasteiger partial charge in [0.1, 0.15) is 6.04 Å². The van der Waals surface area contributed by atoms with Crippen LogP contribution in [0.1, 0.15) is 39.5 Å². The summed E-state index contributed by atoms with van der Waals surface area (Å²) in [4.78, 5) is 38.6. The summed E-state index contributed by atoms with van der Waals surface area (Å²) in [7, 11) is 0. The third kappa shape index (κ3) is 5.19.